The Hall–Kier alpha value is -7.16. The zero-order chi connectivity index (χ0) is 39.7. The first-order valence-electron chi connectivity index (χ1n) is 21.4. The molecule has 60 heavy (non-hydrogen) atoms. The van der Waals surface area contributed by atoms with Crippen LogP contribution in [0.25, 0.3) is 55.3 Å². The van der Waals surface area contributed by atoms with Crippen molar-refractivity contribution in [3.63, 3.8) is 0 Å². The molecule has 0 amide bonds. The summed E-state index contributed by atoms with van der Waals surface area (Å²) in [6, 6.07) is 70.8. The Morgan fingerprint density at radius 2 is 1.00 bits per heavy atom. The molecule has 1 atom stereocenters. The van der Waals surface area contributed by atoms with Crippen LogP contribution in [0.2, 0.25) is 0 Å². The van der Waals surface area contributed by atoms with Gasteiger partial charge in [0, 0.05) is 33.2 Å². The van der Waals surface area contributed by atoms with Crippen molar-refractivity contribution >= 4 is 38.8 Å². The van der Waals surface area contributed by atoms with Crippen LogP contribution in [0.15, 0.2) is 206 Å². The molecule has 0 N–H and O–H groups in total. The van der Waals surface area contributed by atoms with Crippen molar-refractivity contribution in [3.05, 3.63) is 239 Å². The Kier molecular flexibility index (Phi) is 6.86. The summed E-state index contributed by atoms with van der Waals surface area (Å²) < 4.78 is 2.42. The van der Waals surface area contributed by atoms with E-state index < -0.39 is 5.41 Å². The minimum absolute atomic E-state index is 0.0373. The molecule has 4 aliphatic carbocycles. The molecule has 1 aromatic heterocycles. The smallest absolute Gasteiger partial charge is 0.0722 e. The lowest BCUT2D eigenvalue weighted by Gasteiger charge is -2.38. The highest BCUT2D eigenvalue weighted by Gasteiger charge is 2.54. The van der Waals surface area contributed by atoms with Crippen LogP contribution >= 0.6 is 0 Å². The minimum atomic E-state index is -0.394. The molecule has 0 fully saturated rings. The number of anilines is 2. The van der Waals surface area contributed by atoms with Gasteiger partial charge in [0.1, 0.15) is 0 Å². The van der Waals surface area contributed by atoms with Gasteiger partial charge < -0.3 is 9.47 Å². The lowest BCUT2D eigenvalue weighted by Crippen LogP contribution is -2.34. The van der Waals surface area contributed by atoms with Gasteiger partial charge in [0.15, 0.2) is 0 Å². The van der Waals surface area contributed by atoms with Crippen molar-refractivity contribution in [2.45, 2.75) is 37.1 Å². The number of allylic oxidation sites excluding steroid dienone is 2. The zero-order valence-corrected chi connectivity index (χ0v) is 33.7. The van der Waals surface area contributed by atoms with Crippen LogP contribution in [0.3, 0.4) is 0 Å². The highest BCUT2D eigenvalue weighted by molar-refractivity contribution is 6.11. The Bertz CT molecular complexity index is 3290. The molecule has 1 spiro atoms. The van der Waals surface area contributed by atoms with Crippen molar-refractivity contribution < 1.29 is 0 Å². The maximum atomic E-state index is 2.69. The first-order chi connectivity index (χ1) is 29.5. The summed E-state index contributed by atoms with van der Waals surface area (Å²) in [5, 5.41) is 2.52. The normalized spacial score (nSPS) is 17.1. The van der Waals surface area contributed by atoms with E-state index >= 15 is 0 Å². The molecule has 0 bridgehead atoms. The molecule has 1 heterocycles. The van der Waals surface area contributed by atoms with Crippen molar-refractivity contribution in [2.75, 3.05) is 4.90 Å². The van der Waals surface area contributed by atoms with Gasteiger partial charge in [-0.3, -0.25) is 0 Å². The number of fused-ring (bicyclic) bond motifs is 15. The Morgan fingerprint density at radius 3 is 1.73 bits per heavy atom. The molecule has 4 aliphatic rings. The molecule has 2 nitrogen and oxygen atoms in total. The predicted molar refractivity (Wildman–Crippen MR) is 250 cm³/mol. The van der Waals surface area contributed by atoms with Gasteiger partial charge in [-0.05, 0) is 122 Å². The van der Waals surface area contributed by atoms with Crippen LogP contribution in [-0.2, 0) is 10.8 Å². The summed E-state index contributed by atoms with van der Waals surface area (Å²) >= 11 is 0. The average molecular weight is 767 g/mol. The summed E-state index contributed by atoms with van der Waals surface area (Å²) in [5.74, 6) is 0. The number of nitrogens with zero attached hydrogens (tertiary/aromatic N) is 2. The third-order valence-electron chi connectivity index (χ3n) is 14.4. The largest absolute Gasteiger partial charge is 0.334 e. The van der Waals surface area contributed by atoms with Crippen LogP contribution in [0.5, 0.6) is 0 Å². The van der Waals surface area contributed by atoms with E-state index in [1.54, 1.807) is 0 Å². The van der Waals surface area contributed by atoms with E-state index in [4.69, 9.17) is 0 Å². The third-order valence-corrected chi connectivity index (χ3v) is 14.4. The van der Waals surface area contributed by atoms with Crippen LogP contribution in [0, 0.1) is 0 Å². The van der Waals surface area contributed by atoms with E-state index in [9.17, 15) is 0 Å². The van der Waals surface area contributed by atoms with Crippen LogP contribution in [0.1, 0.15) is 53.6 Å². The standard InChI is InChI=1S/C58H42N2/c1-57(2)47-24-11-6-19-40(47)43-33-31-39(36-52(43)57)59(38-32-34-54-46(35-38)44-22-10-15-29-53(44)60(54)37-17-4-3-5-18-37)55-30-16-28-51-56(55)45-23-9-14-27-50(45)58(51)48-25-12-7-20-41(48)42-21-8-13-26-49(42)58/h3-29,31-36,55H,30H2,1-2H3. The van der Waals surface area contributed by atoms with Crippen LogP contribution in [-0.4, -0.2) is 10.6 Å². The number of rotatable bonds is 4. The number of hydrogen-bond donors (Lipinski definition) is 0. The molecule has 0 saturated carbocycles. The Labute approximate surface area is 351 Å². The van der Waals surface area contributed by atoms with Gasteiger partial charge in [-0.1, -0.05) is 166 Å². The number of aromatic nitrogens is 1. The molecule has 2 heteroatoms. The predicted octanol–water partition coefficient (Wildman–Crippen LogP) is 14.3. The van der Waals surface area contributed by atoms with Gasteiger partial charge in [0.05, 0.1) is 22.5 Å². The highest BCUT2D eigenvalue weighted by Crippen LogP contribution is 2.64. The van der Waals surface area contributed by atoms with Gasteiger partial charge in [-0.2, -0.15) is 0 Å². The lowest BCUT2D eigenvalue weighted by atomic mass is 9.69. The van der Waals surface area contributed by atoms with E-state index in [1.165, 1.54) is 106 Å². The zero-order valence-electron chi connectivity index (χ0n) is 33.7. The fourth-order valence-electron chi connectivity index (χ4n) is 11.9. The highest BCUT2D eigenvalue weighted by atomic mass is 15.2. The fraction of sp³-hybridized carbons (Fsp3) is 0.103. The summed E-state index contributed by atoms with van der Waals surface area (Å²) in [6.45, 7) is 4.79. The third kappa shape index (κ3) is 4.28. The number of benzene rings is 8. The molecule has 13 rings (SSSR count). The lowest BCUT2D eigenvalue weighted by molar-refractivity contribution is 0.659. The molecular formula is C58H42N2. The maximum Gasteiger partial charge on any atom is 0.0722 e. The van der Waals surface area contributed by atoms with Crippen LogP contribution in [0.4, 0.5) is 11.4 Å². The Balaban J connectivity index is 1.09. The second kappa shape index (κ2) is 12.2. The molecule has 8 aromatic carbocycles. The molecule has 284 valence electrons. The van der Waals surface area contributed by atoms with E-state index in [-0.39, 0.29) is 11.5 Å². The van der Waals surface area contributed by atoms with Gasteiger partial charge in [0.2, 0.25) is 0 Å². The van der Waals surface area contributed by atoms with Gasteiger partial charge in [0.25, 0.3) is 0 Å². The monoisotopic (exact) mass is 766 g/mol. The van der Waals surface area contributed by atoms with E-state index in [2.05, 4.69) is 224 Å². The van der Waals surface area contributed by atoms with E-state index in [1.807, 2.05) is 0 Å². The van der Waals surface area contributed by atoms with Crippen molar-refractivity contribution in [2.24, 2.45) is 0 Å². The molecular weight excluding hydrogens is 725 g/mol. The summed E-state index contributed by atoms with van der Waals surface area (Å²) in [4.78, 5) is 2.69. The minimum Gasteiger partial charge on any atom is -0.334 e. The average Bonchev–Trinajstić information content (AvgIpc) is 3.97. The number of para-hydroxylation sites is 2. The summed E-state index contributed by atoms with van der Waals surface area (Å²) in [5.41, 5.74) is 22.0. The first-order valence-corrected chi connectivity index (χ1v) is 21.4. The van der Waals surface area contributed by atoms with Gasteiger partial charge in [-0.15, -0.1) is 0 Å². The fourth-order valence-corrected chi connectivity index (χ4v) is 11.9. The van der Waals surface area contributed by atoms with Crippen molar-refractivity contribution in [1.82, 2.24) is 4.57 Å². The second-order valence-electron chi connectivity index (χ2n) is 17.5. The molecule has 0 radical (unpaired) electrons. The van der Waals surface area contributed by atoms with E-state index in [0.717, 1.165) is 6.42 Å². The Morgan fingerprint density at radius 1 is 0.467 bits per heavy atom. The quantitative estimate of drug-likeness (QED) is 0.173. The second-order valence-corrected chi connectivity index (χ2v) is 17.5. The number of hydrogen-bond acceptors (Lipinski definition) is 1. The first kappa shape index (κ1) is 33.8. The molecule has 0 aliphatic heterocycles. The topological polar surface area (TPSA) is 8.17 Å². The van der Waals surface area contributed by atoms with Crippen molar-refractivity contribution in [3.8, 4) is 27.9 Å². The molecule has 9 aromatic rings. The maximum absolute atomic E-state index is 2.69. The van der Waals surface area contributed by atoms with Crippen LogP contribution < -0.4 is 4.90 Å². The van der Waals surface area contributed by atoms with Gasteiger partial charge >= 0.3 is 0 Å². The van der Waals surface area contributed by atoms with E-state index in [0.29, 0.717) is 0 Å². The van der Waals surface area contributed by atoms with Crippen molar-refractivity contribution in [1.29, 1.82) is 0 Å². The van der Waals surface area contributed by atoms with Gasteiger partial charge in [-0.25, -0.2) is 0 Å². The SMILES string of the molecule is CC1(C)c2ccccc2-c2ccc(N(c3ccc4c(c3)c3ccccc3n4-c3ccccc3)C3CC=CC4=C3c3ccccc3C43c4ccccc4-c4ccccc43)cc21. The molecule has 1 unspecified atom stereocenters. The summed E-state index contributed by atoms with van der Waals surface area (Å²) in [6.07, 6.45) is 5.82. The summed E-state index contributed by atoms with van der Waals surface area (Å²) in [7, 11) is 0. The molecule has 0 saturated heterocycles.